The number of benzene rings is 1. The molecule has 1 heterocycles. The molecule has 0 saturated carbocycles. The van der Waals surface area contributed by atoms with Gasteiger partial charge in [0, 0.05) is 5.56 Å². The van der Waals surface area contributed by atoms with Crippen molar-refractivity contribution < 1.29 is 19.0 Å². The molecule has 0 radical (unpaired) electrons. The first-order valence-corrected chi connectivity index (χ1v) is 6.91. The molecule has 0 aliphatic heterocycles. The minimum Gasteiger partial charge on any atom is -0.495 e. The maximum absolute atomic E-state index is 11.9. The maximum atomic E-state index is 11.9. The summed E-state index contributed by atoms with van der Waals surface area (Å²) in [6.07, 6.45) is 0. The highest BCUT2D eigenvalue weighted by Crippen LogP contribution is 2.38. The topological polar surface area (TPSA) is 86.3 Å². The zero-order chi connectivity index (χ0) is 15.4. The fraction of sp³-hybridized carbons (Fsp3) is 0.308. The standard InChI is InChI=1S/C13H14BrN3O4/c1-4-21-13(18)12-11(15-17-16-12)7-5-8(19-2)10(14)9(6-7)20-3/h5-6H,4H2,1-3H3,(H,15,16,17). The number of rotatable bonds is 5. The summed E-state index contributed by atoms with van der Waals surface area (Å²) in [6, 6.07) is 3.46. The number of carbonyl (C=O) groups is 1. The van der Waals surface area contributed by atoms with Crippen LogP contribution in [0.2, 0.25) is 0 Å². The zero-order valence-corrected chi connectivity index (χ0v) is 13.4. The molecular weight excluding hydrogens is 342 g/mol. The van der Waals surface area contributed by atoms with Gasteiger partial charge in [-0.3, -0.25) is 0 Å². The summed E-state index contributed by atoms with van der Waals surface area (Å²) >= 11 is 3.39. The number of methoxy groups -OCH3 is 2. The smallest absolute Gasteiger partial charge is 0.361 e. The van der Waals surface area contributed by atoms with E-state index < -0.39 is 5.97 Å². The predicted molar refractivity (Wildman–Crippen MR) is 78.6 cm³/mol. The first-order chi connectivity index (χ1) is 10.1. The Kier molecular flexibility index (Phi) is 4.79. The van der Waals surface area contributed by atoms with E-state index in [1.54, 1.807) is 33.3 Å². The molecule has 2 rings (SSSR count). The Morgan fingerprint density at radius 1 is 1.24 bits per heavy atom. The van der Waals surface area contributed by atoms with E-state index in [1.165, 1.54) is 0 Å². The van der Waals surface area contributed by atoms with E-state index in [0.29, 0.717) is 27.2 Å². The molecule has 0 atom stereocenters. The van der Waals surface area contributed by atoms with Gasteiger partial charge in [-0.05, 0) is 35.0 Å². The summed E-state index contributed by atoms with van der Waals surface area (Å²) in [7, 11) is 3.08. The van der Waals surface area contributed by atoms with E-state index in [1.807, 2.05) is 0 Å². The molecule has 0 spiro atoms. The molecule has 21 heavy (non-hydrogen) atoms. The van der Waals surface area contributed by atoms with Gasteiger partial charge in [0.1, 0.15) is 21.7 Å². The lowest BCUT2D eigenvalue weighted by molar-refractivity contribution is 0.0520. The van der Waals surface area contributed by atoms with Crippen molar-refractivity contribution in [3.8, 4) is 22.8 Å². The van der Waals surface area contributed by atoms with Crippen molar-refractivity contribution in [3.63, 3.8) is 0 Å². The van der Waals surface area contributed by atoms with E-state index in [4.69, 9.17) is 14.2 Å². The van der Waals surface area contributed by atoms with Gasteiger partial charge < -0.3 is 14.2 Å². The Hall–Kier alpha value is -2.09. The molecule has 0 saturated heterocycles. The van der Waals surface area contributed by atoms with Crippen molar-refractivity contribution >= 4 is 21.9 Å². The van der Waals surface area contributed by atoms with Crippen molar-refractivity contribution in [1.82, 2.24) is 15.4 Å². The third-order valence-electron chi connectivity index (χ3n) is 2.74. The molecule has 0 bridgehead atoms. The van der Waals surface area contributed by atoms with Crippen molar-refractivity contribution in [3.05, 3.63) is 22.3 Å². The van der Waals surface area contributed by atoms with Gasteiger partial charge in [0.05, 0.1) is 20.8 Å². The quantitative estimate of drug-likeness (QED) is 0.828. The van der Waals surface area contributed by atoms with Crippen LogP contribution in [0, 0.1) is 0 Å². The highest BCUT2D eigenvalue weighted by Gasteiger charge is 2.21. The third kappa shape index (κ3) is 2.99. The number of carbonyl (C=O) groups excluding carboxylic acids is 1. The van der Waals surface area contributed by atoms with Crippen molar-refractivity contribution in [1.29, 1.82) is 0 Å². The molecule has 2 aromatic rings. The number of aromatic amines is 1. The molecule has 0 amide bonds. The summed E-state index contributed by atoms with van der Waals surface area (Å²) in [5.74, 6) is 0.575. The van der Waals surface area contributed by atoms with Crippen LogP contribution in [0.1, 0.15) is 17.4 Å². The van der Waals surface area contributed by atoms with Crippen molar-refractivity contribution in [2.45, 2.75) is 6.92 Å². The Bertz CT molecular complexity index is 632. The van der Waals surface area contributed by atoms with Crippen LogP contribution in [-0.2, 0) is 4.74 Å². The van der Waals surface area contributed by atoms with Crippen LogP contribution < -0.4 is 9.47 Å². The summed E-state index contributed by atoms with van der Waals surface area (Å²) in [5, 5.41) is 10.3. The van der Waals surface area contributed by atoms with Crippen molar-refractivity contribution in [2.75, 3.05) is 20.8 Å². The van der Waals surface area contributed by atoms with Crippen LogP contribution in [0.15, 0.2) is 16.6 Å². The lowest BCUT2D eigenvalue weighted by atomic mass is 10.1. The van der Waals surface area contributed by atoms with Gasteiger partial charge in [-0.15, -0.1) is 5.10 Å². The maximum Gasteiger partial charge on any atom is 0.361 e. The van der Waals surface area contributed by atoms with Crippen LogP contribution in [0.4, 0.5) is 0 Å². The molecule has 112 valence electrons. The summed E-state index contributed by atoms with van der Waals surface area (Å²) in [6.45, 7) is 1.99. The fourth-order valence-electron chi connectivity index (χ4n) is 1.78. The summed E-state index contributed by atoms with van der Waals surface area (Å²) < 4.78 is 16.2. The van der Waals surface area contributed by atoms with E-state index in [0.717, 1.165) is 0 Å². The fourth-order valence-corrected chi connectivity index (χ4v) is 2.33. The molecule has 0 aliphatic carbocycles. The van der Waals surface area contributed by atoms with E-state index >= 15 is 0 Å². The number of H-pyrrole nitrogens is 1. The van der Waals surface area contributed by atoms with Crippen LogP contribution >= 0.6 is 15.9 Å². The number of hydrogen-bond acceptors (Lipinski definition) is 6. The van der Waals surface area contributed by atoms with Gasteiger partial charge in [0.15, 0.2) is 5.69 Å². The Labute approximate surface area is 129 Å². The molecule has 0 unspecified atom stereocenters. The third-order valence-corrected chi connectivity index (χ3v) is 3.52. The lowest BCUT2D eigenvalue weighted by Crippen LogP contribution is -2.07. The van der Waals surface area contributed by atoms with Gasteiger partial charge in [-0.2, -0.15) is 10.3 Å². The first kappa shape index (κ1) is 15.3. The van der Waals surface area contributed by atoms with E-state index in [2.05, 4.69) is 31.3 Å². The number of esters is 1. The minimum absolute atomic E-state index is 0.114. The number of aromatic nitrogens is 3. The molecule has 1 aromatic heterocycles. The molecule has 8 heteroatoms. The first-order valence-electron chi connectivity index (χ1n) is 6.12. The highest BCUT2D eigenvalue weighted by atomic mass is 79.9. The molecular formula is C13H14BrN3O4. The number of nitrogens with one attached hydrogen (secondary N) is 1. The highest BCUT2D eigenvalue weighted by molar-refractivity contribution is 9.10. The van der Waals surface area contributed by atoms with Crippen LogP contribution in [-0.4, -0.2) is 42.2 Å². The molecule has 1 aromatic carbocycles. The lowest BCUT2D eigenvalue weighted by Gasteiger charge is -2.10. The molecule has 1 N–H and O–H groups in total. The molecule has 7 nitrogen and oxygen atoms in total. The van der Waals surface area contributed by atoms with Gasteiger partial charge >= 0.3 is 5.97 Å². The second-order valence-corrected chi connectivity index (χ2v) is 4.73. The Morgan fingerprint density at radius 2 is 1.86 bits per heavy atom. The summed E-state index contributed by atoms with van der Waals surface area (Å²) in [5.41, 5.74) is 1.12. The SMILES string of the molecule is CCOC(=O)c1n[nH]nc1-c1cc(OC)c(Br)c(OC)c1. The van der Waals surface area contributed by atoms with Gasteiger partial charge in [0.2, 0.25) is 0 Å². The average Bonchev–Trinajstić information content (AvgIpc) is 2.97. The number of halogens is 1. The van der Waals surface area contributed by atoms with Crippen LogP contribution in [0.3, 0.4) is 0 Å². The van der Waals surface area contributed by atoms with E-state index in [-0.39, 0.29) is 12.3 Å². The van der Waals surface area contributed by atoms with Crippen LogP contribution in [0.5, 0.6) is 11.5 Å². The number of hydrogen-bond donors (Lipinski definition) is 1. The number of nitrogens with zero attached hydrogens (tertiary/aromatic N) is 2. The second kappa shape index (κ2) is 6.57. The minimum atomic E-state index is -0.540. The van der Waals surface area contributed by atoms with Gasteiger partial charge in [0.25, 0.3) is 0 Å². The monoisotopic (exact) mass is 355 g/mol. The van der Waals surface area contributed by atoms with E-state index in [9.17, 15) is 4.79 Å². The van der Waals surface area contributed by atoms with Crippen molar-refractivity contribution in [2.24, 2.45) is 0 Å². The Balaban J connectivity index is 2.52. The normalized spacial score (nSPS) is 10.3. The van der Waals surface area contributed by atoms with Crippen LogP contribution in [0.25, 0.3) is 11.3 Å². The number of ether oxygens (including phenoxy) is 3. The average molecular weight is 356 g/mol. The van der Waals surface area contributed by atoms with Gasteiger partial charge in [-0.1, -0.05) is 0 Å². The van der Waals surface area contributed by atoms with Gasteiger partial charge in [-0.25, -0.2) is 4.79 Å². The predicted octanol–water partition coefficient (Wildman–Crippen LogP) is 2.43. The molecule has 0 fully saturated rings. The second-order valence-electron chi connectivity index (χ2n) is 3.94. The largest absolute Gasteiger partial charge is 0.495 e. The zero-order valence-electron chi connectivity index (χ0n) is 11.8. The summed E-state index contributed by atoms with van der Waals surface area (Å²) in [4.78, 5) is 11.9. The Morgan fingerprint density at radius 3 is 2.38 bits per heavy atom. The molecule has 0 aliphatic rings.